The van der Waals surface area contributed by atoms with Gasteiger partial charge in [-0.2, -0.15) is 0 Å². The number of carbonyl (C=O) groups is 2. The Morgan fingerprint density at radius 2 is 2.00 bits per heavy atom. The van der Waals surface area contributed by atoms with E-state index in [1.807, 2.05) is 6.92 Å². The van der Waals surface area contributed by atoms with Crippen molar-refractivity contribution < 1.29 is 19.1 Å². The molecule has 0 fully saturated rings. The molecule has 0 bridgehead atoms. The molecule has 0 saturated carbocycles. The molecule has 140 valence electrons. The van der Waals surface area contributed by atoms with Crippen LogP contribution < -0.4 is 15.9 Å². The zero-order valence-electron chi connectivity index (χ0n) is 15.2. The molecule has 2 N–H and O–H groups in total. The Morgan fingerprint density at radius 3 is 2.74 bits per heavy atom. The van der Waals surface area contributed by atoms with Crippen molar-refractivity contribution in [1.29, 1.82) is 0 Å². The Balaban J connectivity index is 1.90. The first-order valence-corrected chi connectivity index (χ1v) is 8.89. The predicted octanol–water partition coefficient (Wildman–Crippen LogP) is 1.71. The van der Waals surface area contributed by atoms with Crippen LogP contribution >= 0.6 is 0 Å². The number of carbonyl (C=O) groups excluding carboxylic acids is 2. The minimum atomic E-state index is -1.04. The van der Waals surface area contributed by atoms with E-state index in [1.54, 1.807) is 31.2 Å². The van der Waals surface area contributed by atoms with Crippen LogP contribution in [0.15, 0.2) is 41.4 Å². The lowest BCUT2D eigenvalue weighted by Crippen LogP contribution is -2.42. The molecule has 1 heterocycles. The minimum absolute atomic E-state index is 0.325. The van der Waals surface area contributed by atoms with Crippen molar-refractivity contribution in [2.75, 3.05) is 0 Å². The first-order chi connectivity index (χ1) is 12.9. The lowest BCUT2D eigenvalue weighted by Gasteiger charge is -2.25. The molecule has 6 heteroatoms. The van der Waals surface area contributed by atoms with Crippen molar-refractivity contribution in [2.24, 2.45) is 4.99 Å². The van der Waals surface area contributed by atoms with Gasteiger partial charge in [0, 0.05) is 16.9 Å². The number of hydrogen-bond donors (Lipinski definition) is 2. The van der Waals surface area contributed by atoms with Crippen LogP contribution in [0.2, 0.25) is 0 Å². The van der Waals surface area contributed by atoms with Gasteiger partial charge in [0.1, 0.15) is 5.82 Å². The third-order valence-corrected chi connectivity index (χ3v) is 4.75. The molecular weight excluding hydrogens is 347 g/mol. The summed E-state index contributed by atoms with van der Waals surface area (Å²) in [5, 5.41) is 14.6. The predicted molar refractivity (Wildman–Crippen MR) is 99.0 cm³/mol. The van der Waals surface area contributed by atoms with E-state index in [0.717, 1.165) is 6.42 Å². The molecule has 0 aliphatic carbocycles. The van der Waals surface area contributed by atoms with E-state index in [4.69, 9.17) is 0 Å². The monoisotopic (exact) mass is 368 g/mol. The van der Waals surface area contributed by atoms with Crippen molar-refractivity contribution in [2.45, 2.75) is 38.8 Å². The summed E-state index contributed by atoms with van der Waals surface area (Å²) in [6.45, 7) is 3.54. The lowest BCUT2D eigenvalue weighted by atomic mass is 9.94. The molecule has 5 nitrogen and oxygen atoms in total. The van der Waals surface area contributed by atoms with Crippen LogP contribution in [0.25, 0.3) is 6.08 Å². The van der Waals surface area contributed by atoms with E-state index < -0.39 is 29.8 Å². The SMILES string of the molecule is CCC[C@@H](NC(=O)c1cccc2c1=CC(=O)N=2)[C@@H](O)c1cccc(F)c1C. The van der Waals surface area contributed by atoms with Gasteiger partial charge in [0.15, 0.2) is 0 Å². The number of halogens is 1. The zero-order chi connectivity index (χ0) is 19.6. The van der Waals surface area contributed by atoms with Gasteiger partial charge >= 0.3 is 0 Å². The molecule has 0 unspecified atom stereocenters. The smallest absolute Gasteiger partial charge is 0.270 e. The summed E-state index contributed by atoms with van der Waals surface area (Å²) in [6.07, 6.45) is 1.53. The molecule has 2 aromatic rings. The second-order valence-corrected chi connectivity index (χ2v) is 6.60. The van der Waals surface area contributed by atoms with Crippen LogP contribution in [-0.4, -0.2) is 23.0 Å². The Morgan fingerprint density at radius 1 is 1.26 bits per heavy atom. The highest BCUT2D eigenvalue weighted by Gasteiger charge is 2.25. The Hall–Kier alpha value is -2.86. The van der Waals surface area contributed by atoms with Crippen LogP contribution in [0.4, 0.5) is 4.39 Å². The number of rotatable bonds is 6. The van der Waals surface area contributed by atoms with Crippen molar-refractivity contribution in [3.8, 4) is 0 Å². The average molecular weight is 368 g/mol. The highest BCUT2D eigenvalue weighted by Crippen LogP contribution is 2.25. The third-order valence-electron chi connectivity index (χ3n) is 4.75. The number of fused-ring (bicyclic) bond motifs is 1. The molecule has 0 radical (unpaired) electrons. The zero-order valence-corrected chi connectivity index (χ0v) is 15.2. The summed E-state index contributed by atoms with van der Waals surface area (Å²) in [4.78, 5) is 28.2. The fraction of sp³-hybridized carbons (Fsp3) is 0.286. The molecule has 3 rings (SSSR count). The Bertz CT molecular complexity index is 1020. The number of amides is 2. The van der Waals surface area contributed by atoms with Gasteiger partial charge in [0.05, 0.1) is 17.5 Å². The van der Waals surface area contributed by atoms with Crippen molar-refractivity contribution in [1.82, 2.24) is 5.32 Å². The number of benzene rings is 2. The summed E-state index contributed by atoms with van der Waals surface area (Å²) in [6, 6.07) is 8.88. The van der Waals surface area contributed by atoms with Crippen LogP contribution in [0.1, 0.15) is 47.4 Å². The third kappa shape index (κ3) is 3.80. The van der Waals surface area contributed by atoms with Gasteiger partial charge in [-0.05, 0) is 42.7 Å². The Kier molecular flexibility index (Phi) is 5.46. The van der Waals surface area contributed by atoms with Gasteiger partial charge in [-0.15, -0.1) is 0 Å². The van der Waals surface area contributed by atoms with E-state index >= 15 is 0 Å². The number of hydrogen-bond acceptors (Lipinski definition) is 3. The quantitative estimate of drug-likeness (QED) is 0.815. The first-order valence-electron chi connectivity index (χ1n) is 8.89. The number of nitrogens with one attached hydrogen (secondary N) is 1. The highest BCUT2D eigenvalue weighted by molar-refractivity contribution is 6.08. The maximum absolute atomic E-state index is 13.9. The summed E-state index contributed by atoms with van der Waals surface area (Å²) in [5.41, 5.74) is 1.13. The van der Waals surface area contributed by atoms with E-state index in [9.17, 15) is 19.1 Å². The summed E-state index contributed by atoms with van der Waals surface area (Å²) in [7, 11) is 0. The van der Waals surface area contributed by atoms with E-state index in [2.05, 4.69) is 10.3 Å². The maximum atomic E-state index is 13.9. The second kappa shape index (κ2) is 7.80. The summed E-state index contributed by atoms with van der Waals surface area (Å²) >= 11 is 0. The second-order valence-electron chi connectivity index (χ2n) is 6.60. The van der Waals surface area contributed by atoms with Gasteiger partial charge in [0.2, 0.25) is 0 Å². The fourth-order valence-corrected chi connectivity index (χ4v) is 3.30. The lowest BCUT2D eigenvalue weighted by molar-refractivity contribution is -0.112. The summed E-state index contributed by atoms with van der Waals surface area (Å²) < 4.78 is 13.9. The van der Waals surface area contributed by atoms with E-state index in [0.29, 0.717) is 33.7 Å². The van der Waals surface area contributed by atoms with Gasteiger partial charge in [0.25, 0.3) is 11.8 Å². The van der Waals surface area contributed by atoms with Gasteiger partial charge in [-0.3, -0.25) is 9.59 Å². The molecular formula is C21H21FN2O3. The van der Waals surface area contributed by atoms with Crippen LogP contribution in [0.5, 0.6) is 0 Å². The summed E-state index contributed by atoms with van der Waals surface area (Å²) in [5.74, 6) is -1.20. The van der Waals surface area contributed by atoms with Gasteiger partial charge in [-0.25, -0.2) is 9.38 Å². The van der Waals surface area contributed by atoms with Gasteiger partial charge in [-0.1, -0.05) is 31.5 Å². The maximum Gasteiger partial charge on any atom is 0.270 e. The van der Waals surface area contributed by atoms with Crippen LogP contribution in [0, 0.1) is 12.7 Å². The van der Waals surface area contributed by atoms with Crippen molar-refractivity contribution in [3.63, 3.8) is 0 Å². The topological polar surface area (TPSA) is 78.8 Å². The Labute approximate surface area is 156 Å². The van der Waals surface area contributed by atoms with E-state index in [-0.39, 0.29) is 0 Å². The largest absolute Gasteiger partial charge is 0.386 e. The van der Waals surface area contributed by atoms with Crippen molar-refractivity contribution >= 4 is 17.9 Å². The molecule has 1 aliphatic rings. The molecule has 0 spiro atoms. The van der Waals surface area contributed by atoms with Crippen LogP contribution in [0.3, 0.4) is 0 Å². The molecule has 2 atom stereocenters. The van der Waals surface area contributed by atoms with E-state index in [1.165, 1.54) is 18.2 Å². The average Bonchev–Trinajstić information content (AvgIpc) is 3.03. The number of aliphatic hydroxyl groups excluding tert-OH is 1. The fourth-order valence-electron chi connectivity index (χ4n) is 3.30. The molecule has 0 aromatic heterocycles. The van der Waals surface area contributed by atoms with Crippen LogP contribution in [-0.2, 0) is 4.79 Å². The van der Waals surface area contributed by atoms with Crippen molar-refractivity contribution in [3.05, 3.63) is 69.5 Å². The molecule has 1 aliphatic heterocycles. The number of aliphatic hydroxyl groups is 1. The normalized spacial score (nSPS) is 14.7. The minimum Gasteiger partial charge on any atom is -0.386 e. The molecule has 2 aromatic carbocycles. The van der Waals surface area contributed by atoms with Gasteiger partial charge < -0.3 is 10.4 Å². The molecule has 27 heavy (non-hydrogen) atoms. The standard InChI is InChI=1S/C21H21FN2O3/c1-3-6-18(20(26)13-7-4-9-16(22)12(13)2)24-21(27)14-8-5-10-17-15(14)11-19(25)23-17/h4-5,7-11,18,20,26H,3,6H2,1-2H3,(H,24,27)/t18-,20+/m1/s1. The highest BCUT2D eigenvalue weighted by atomic mass is 19.1. The molecule has 2 amide bonds. The first kappa shape index (κ1) is 18.9. The molecule has 0 saturated heterocycles. The number of nitrogens with zero attached hydrogens (tertiary/aromatic N) is 1.